The average molecular weight is 1030 g/mol. The maximum Gasteiger partial charge on any atom is 0.472 e. The van der Waals surface area contributed by atoms with Gasteiger partial charge < -0.3 is 39.9 Å². The van der Waals surface area contributed by atoms with Crippen LogP contribution in [0.25, 0.3) is 0 Å². The van der Waals surface area contributed by atoms with E-state index in [-0.39, 0.29) is 12.8 Å². The van der Waals surface area contributed by atoms with Gasteiger partial charge in [-0.25, -0.2) is 4.57 Å². The third kappa shape index (κ3) is 38.1. The molecule has 0 aromatic rings. The van der Waals surface area contributed by atoms with Gasteiger partial charge >= 0.3 is 19.8 Å². The van der Waals surface area contributed by atoms with Crippen LogP contribution in [-0.4, -0.2) is 98.3 Å². The summed E-state index contributed by atoms with van der Waals surface area (Å²) < 4.78 is 33.8. The Morgan fingerprint density at radius 1 is 0.451 bits per heavy atom. The summed E-state index contributed by atoms with van der Waals surface area (Å²) in [5, 5.41) is 50.4. The maximum absolute atomic E-state index is 12.9. The predicted molar refractivity (Wildman–Crippen MR) is 286 cm³/mol. The number of allylic oxidation sites excluding steroid dienone is 8. The van der Waals surface area contributed by atoms with Gasteiger partial charge in [-0.3, -0.25) is 18.6 Å². The summed E-state index contributed by atoms with van der Waals surface area (Å²) in [5.41, 5.74) is 0. The Labute approximate surface area is 431 Å². The van der Waals surface area contributed by atoms with Gasteiger partial charge in [-0.05, 0) is 51.4 Å². The smallest absolute Gasteiger partial charge is 0.462 e. The number of phosphoric acid groups is 1. The molecule has 0 bridgehead atoms. The molecular formula is C57H103O13P. The molecule has 6 N–H and O–H groups in total. The largest absolute Gasteiger partial charge is 0.472 e. The van der Waals surface area contributed by atoms with Crippen LogP contribution in [0.5, 0.6) is 0 Å². The monoisotopic (exact) mass is 1030 g/mol. The second-order valence-corrected chi connectivity index (χ2v) is 21.2. The molecule has 0 radical (unpaired) electrons. The number of aliphatic hydroxyl groups is 5. The molecule has 1 aliphatic rings. The van der Waals surface area contributed by atoms with Crippen molar-refractivity contribution in [3.63, 3.8) is 0 Å². The third-order valence-corrected chi connectivity index (χ3v) is 14.2. The Morgan fingerprint density at radius 3 is 1.23 bits per heavy atom. The molecule has 414 valence electrons. The first-order chi connectivity index (χ1) is 34.4. The summed E-state index contributed by atoms with van der Waals surface area (Å²) in [6.45, 7) is 3.23. The zero-order valence-corrected chi connectivity index (χ0v) is 45.4. The van der Waals surface area contributed by atoms with Gasteiger partial charge in [-0.2, -0.15) is 0 Å². The number of carbonyl (C=O) groups is 2. The molecule has 1 saturated carbocycles. The molecule has 6 atom stereocenters. The van der Waals surface area contributed by atoms with Crippen molar-refractivity contribution >= 4 is 19.8 Å². The molecule has 13 nitrogen and oxygen atoms in total. The molecule has 1 rings (SSSR count). The van der Waals surface area contributed by atoms with E-state index in [0.717, 1.165) is 77.0 Å². The predicted octanol–water partition coefficient (Wildman–Crippen LogP) is 13.1. The van der Waals surface area contributed by atoms with Crippen LogP contribution in [0.2, 0.25) is 0 Å². The second-order valence-electron chi connectivity index (χ2n) is 19.8. The van der Waals surface area contributed by atoms with Crippen LogP contribution in [0.1, 0.15) is 245 Å². The Bertz CT molecular complexity index is 1420. The molecule has 0 amide bonds. The highest BCUT2D eigenvalue weighted by Gasteiger charge is 2.51. The summed E-state index contributed by atoms with van der Waals surface area (Å²) >= 11 is 0. The van der Waals surface area contributed by atoms with Gasteiger partial charge in [0.25, 0.3) is 0 Å². The molecule has 0 spiro atoms. The Balaban J connectivity index is 2.34. The van der Waals surface area contributed by atoms with Gasteiger partial charge in [0.1, 0.15) is 43.2 Å². The minimum Gasteiger partial charge on any atom is -0.462 e. The lowest BCUT2D eigenvalue weighted by Gasteiger charge is -2.41. The van der Waals surface area contributed by atoms with Gasteiger partial charge in [-0.1, -0.05) is 229 Å². The molecule has 71 heavy (non-hydrogen) atoms. The fraction of sp³-hybridized carbons (Fsp3) is 0.825. The van der Waals surface area contributed by atoms with Gasteiger partial charge in [0.2, 0.25) is 0 Å². The van der Waals surface area contributed by atoms with E-state index in [2.05, 4.69) is 62.5 Å². The lowest BCUT2D eigenvalue weighted by molar-refractivity contribution is -0.220. The van der Waals surface area contributed by atoms with E-state index in [9.17, 15) is 44.6 Å². The van der Waals surface area contributed by atoms with Gasteiger partial charge in [0.15, 0.2) is 6.10 Å². The van der Waals surface area contributed by atoms with Crippen molar-refractivity contribution in [2.24, 2.45) is 0 Å². The number of unbranched alkanes of at least 4 members (excludes halogenated alkanes) is 28. The molecule has 14 heteroatoms. The summed E-state index contributed by atoms with van der Waals surface area (Å²) in [7, 11) is -5.13. The zero-order valence-electron chi connectivity index (χ0n) is 44.5. The van der Waals surface area contributed by atoms with Gasteiger partial charge in [-0.15, -0.1) is 0 Å². The lowest BCUT2D eigenvalue weighted by Crippen LogP contribution is -2.64. The first-order valence-electron chi connectivity index (χ1n) is 28.4. The number of aliphatic hydroxyl groups excluding tert-OH is 5. The summed E-state index contributed by atoms with van der Waals surface area (Å²) in [5.74, 6) is -1.09. The van der Waals surface area contributed by atoms with Gasteiger partial charge in [0, 0.05) is 12.8 Å². The highest BCUT2D eigenvalue weighted by molar-refractivity contribution is 7.47. The van der Waals surface area contributed by atoms with Crippen molar-refractivity contribution in [2.75, 3.05) is 13.2 Å². The minimum absolute atomic E-state index is 0.0922. The van der Waals surface area contributed by atoms with Crippen LogP contribution in [-0.2, 0) is 32.7 Å². The fourth-order valence-corrected chi connectivity index (χ4v) is 9.67. The molecule has 0 aromatic carbocycles. The highest BCUT2D eigenvalue weighted by atomic mass is 31.2. The molecule has 6 unspecified atom stereocenters. The Morgan fingerprint density at radius 2 is 0.803 bits per heavy atom. The Hall–Kier alpha value is -2.19. The first kappa shape index (κ1) is 66.8. The number of esters is 2. The molecular weight excluding hydrogens is 924 g/mol. The molecule has 0 saturated heterocycles. The van der Waals surface area contributed by atoms with E-state index in [0.29, 0.717) is 12.8 Å². The van der Waals surface area contributed by atoms with E-state index in [1.165, 1.54) is 128 Å². The van der Waals surface area contributed by atoms with E-state index < -0.39 is 75.7 Å². The SMILES string of the molecule is CC/C=C\C/C=C\C/C=C\C/C=C\CCCCCCCCCCCCC(=O)OC(COC(=O)CCCCCCCCCCCCCCCCCCCCC)COP(=O)(O)OC1C(O)C(O)C(O)C(O)C1O. The van der Waals surface area contributed by atoms with Crippen molar-refractivity contribution in [2.45, 2.75) is 288 Å². The molecule has 1 fully saturated rings. The number of hydrogen-bond donors (Lipinski definition) is 6. The topological polar surface area (TPSA) is 210 Å². The number of carbonyl (C=O) groups excluding carboxylic acids is 2. The van der Waals surface area contributed by atoms with Crippen molar-refractivity contribution in [3.8, 4) is 0 Å². The van der Waals surface area contributed by atoms with Crippen molar-refractivity contribution < 1.29 is 63.1 Å². The third-order valence-electron chi connectivity index (χ3n) is 13.2. The van der Waals surface area contributed by atoms with Crippen LogP contribution in [0.15, 0.2) is 48.6 Å². The van der Waals surface area contributed by atoms with Gasteiger partial charge in [0.05, 0.1) is 6.61 Å². The maximum atomic E-state index is 12.9. The highest BCUT2D eigenvalue weighted by Crippen LogP contribution is 2.47. The van der Waals surface area contributed by atoms with Crippen LogP contribution < -0.4 is 0 Å². The normalized spacial score (nSPS) is 21.0. The number of phosphoric ester groups is 1. The summed E-state index contributed by atoms with van der Waals surface area (Å²) in [6.07, 6.45) is 44.4. The van der Waals surface area contributed by atoms with E-state index in [1.54, 1.807) is 0 Å². The van der Waals surface area contributed by atoms with Crippen LogP contribution in [0.3, 0.4) is 0 Å². The summed E-state index contributed by atoms with van der Waals surface area (Å²) in [4.78, 5) is 36.0. The lowest BCUT2D eigenvalue weighted by atomic mass is 9.85. The zero-order chi connectivity index (χ0) is 52.1. The molecule has 0 aromatic heterocycles. The van der Waals surface area contributed by atoms with Crippen LogP contribution in [0, 0.1) is 0 Å². The fourth-order valence-electron chi connectivity index (χ4n) is 8.69. The van der Waals surface area contributed by atoms with E-state index in [1.807, 2.05) is 0 Å². The van der Waals surface area contributed by atoms with Crippen LogP contribution in [0.4, 0.5) is 0 Å². The molecule has 0 aliphatic heterocycles. The van der Waals surface area contributed by atoms with Crippen molar-refractivity contribution in [1.82, 2.24) is 0 Å². The standard InChI is InChI=1S/C57H103O13P/c1-3-5-7-9-11-13-15-17-19-21-23-24-25-26-28-30-32-34-36-38-40-42-44-46-51(59)69-49(48-68-71(65,66)70-57-55(63)53(61)52(60)54(62)56(57)64)47-67-50(58)45-43-41-39-37-35-33-31-29-27-22-20-18-16-14-12-10-8-6-4-2/h5,7,11,13,17,19,23-24,49,52-57,60-64H,3-4,6,8-10,12,14-16,18,20-22,25-48H2,1-2H3,(H,65,66)/b7-5-,13-11-,19-17-,24-23-. The number of hydrogen-bond acceptors (Lipinski definition) is 12. The number of ether oxygens (including phenoxy) is 2. The Kier molecular flexibility index (Phi) is 43.6. The minimum atomic E-state index is -5.13. The number of rotatable bonds is 48. The van der Waals surface area contributed by atoms with E-state index in [4.69, 9.17) is 18.5 Å². The quantitative estimate of drug-likeness (QED) is 0.0145. The molecule has 0 heterocycles. The summed E-state index contributed by atoms with van der Waals surface area (Å²) in [6, 6.07) is 0. The first-order valence-corrected chi connectivity index (χ1v) is 29.9. The second kappa shape index (κ2) is 46.3. The average Bonchev–Trinajstić information content (AvgIpc) is 3.35. The van der Waals surface area contributed by atoms with E-state index >= 15 is 0 Å². The van der Waals surface area contributed by atoms with Crippen LogP contribution >= 0.6 is 7.82 Å². The van der Waals surface area contributed by atoms with Crippen molar-refractivity contribution in [3.05, 3.63) is 48.6 Å². The molecule has 1 aliphatic carbocycles. The van der Waals surface area contributed by atoms with Crippen molar-refractivity contribution in [1.29, 1.82) is 0 Å².